The van der Waals surface area contributed by atoms with Gasteiger partial charge in [-0.25, -0.2) is 4.79 Å². The van der Waals surface area contributed by atoms with Crippen molar-refractivity contribution in [2.45, 2.75) is 35.3 Å². The molecular formula is C25H23N3O3. The van der Waals surface area contributed by atoms with E-state index >= 15 is 0 Å². The zero-order valence-corrected chi connectivity index (χ0v) is 17.0. The highest BCUT2D eigenvalue weighted by atomic mass is 16.2. The maximum absolute atomic E-state index is 13.8. The fourth-order valence-electron chi connectivity index (χ4n) is 7.53. The summed E-state index contributed by atoms with van der Waals surface area (Å²) in [6.07, 6.45) is 3.68. The van der Waals surface area contributed by atoms with E-state index in [4.69, 9.17) is 0 Å². The van der Waals surface area contributed by atoms with Crippen molar-refractivity contribution in [2.24, 2.45) is 5.92 Å². The van der Waals surface area contributed by atoms with Crippen LogP contribution in [0.5, 0.6) is 0 Å². The Kier molecular flexibility index (Phi) is 3.53. The average Bonchev–Trinajstić information content (AvgIpc) is 3.03. The van der Waals surface area contributed by atoms with Crippen molar-refractivity contribution in [3.63, 3.8) is 0 Å². The summed E-state index contributed by atoms with van der Waals surface area (Å²) in [5.41, 5.74) is -0.821. The van der Waals surface area contributed by atoms with Gasteiger partial charge in [-0.15, -0.1) is 6.58 Å². The van der Waals surface area contributed by atoms with Crippen molar-refractivity contribution in [2.75, 3.05) is 6.54 Å². The first-order valence-corrected chi connectivity index (χ1v) is 10.7. The first-order chi connectivity index (χ1) is 15.1. The Morgan fingerprint density at radius 1 is 0.903 bits per heavy atom. The number of nitrogens with one attached hydrogen (secondary N) is 2. The molecule has 6 rings (SSSR count). The third-order valence-electron chi connectivity index (χ3n) is 8.13. The molecule has 3 heterocycles. The maximum atomic E-state index is 13.8. The Bertz CT molecular complexity index is 1110. The first-order valence-electron chi connectivity index (χ1n) is 10.7. The van der Waals surface area contributed by atoms with Crippen LogP contribution in [-0.4, -0.2) is 40.9 Å². The Balaban J connectivity index is 1.74. The van der Waals surface area contributed by atoms with E-state index in [9.17, 15) is 14.4 Å². The molecular weight excluding hydrogens is 390 g/mol. The number of amides is 4. The van der Waals surface area contributed by atoms with Crippen LogP contribution in [0.25, 0.3) is 0 Å². The summed E-state index contributed by atoms with van der Waals surface area (Å²) in [5.74, 6) is -1.19. The highest BCUT2D eigenvalue weighted by molar-refractivity contribution is 6.25. The molecule has 6 heteroatoms. The van der Waals surface area contributed by atoms with Gasteiger partial charge in [0.1, 0.15) is 0 Å². The van der Waals surface area contributed by atoms with Crippen molar-refractivity contribution in [3.8, 4) is 0 Å². The van der Waals surface area contributed by atoms with E-state index in [2.05, 4.69) is 34.2 Å². The Hall–Kier alpha value is -3.25. The molecule has 0 aromatic heterocycles. The number of hydrogen-bond donors (Lipinski definition) is 2. The average molecular weight is 413 g/mol. The van der Waals surface area contributed by atoms with Gasteiger partial charge in [-0.05, 0) is 24.0 Å². The molecule has 0 bridgehead atoms. The van der Waals surface area contributed by atoms with E-state index in [1.807, 2.05) is 54.6 Å². The van der Waals surface area contributed by atoms with Gasteiger partial charge >= 0.3 is 6.03 Å². The number of nitrogens with zero attached hydrogens (tertiary/aromatic N) is 1. The predicted molar refractivity (Wildman–Crippen MR) is 114 cm³/mol. The van der Waals surface area contributed by atoms with E-state index < -0.39 is 34.2 Å². The zero-order valence-electron chi connectivity index (χ0n) is 17.0. The summed E-state index contributed by atoms with van der Waals surface area (Å²) in [4.78, 5) is 41.7. The second kappa shape index (κ2) is 5.92. The summed E-state index contributed by atoms with van der Waals surface area (Å²) >= 11 is 0. The Labute approximate surface area is 180 Å². The number of hydrogen-bond acceptors (Lipinski definition) is 4. The van der Waals surface area contributed by atoms with E-state index in [1.165, 1.54) is 0 Å². The molecule has 31 heavy (non-hydrogen) atoms. The standard InChI is InChI=1S/C25H23N3O3/c1-2-18-23(16-10-5-3-6-11-16)19-14-9-15-28(19)25(20(29)26-22(31)27-21(25)30)24(18,23)17-12-7-4-8-13-17/h2-8,10-13,18-19H,1,9,14-15H2,(H2,26,27,29,30,31)/t18-,19-,23-,24-/m1/s1. The van der Waals surface area contributed by atoms with Gasteiger partial charge in [0, 0.05) is 23.9 Å². The maximum Gasteiger partial charge on any atom is 0.328 e. The molecule has 0 unspecified atom stereocenters. The monoisotopic (exact) mass is 413 g/mol. The minimum absolute atomic E-state index is 0.0113. The lowest BCUT2D eigenvalue weighted by atomic mass is 9.68. The SMILES string of the molecule is C=C[C@@H]1[C@]2(c3ccccc3)[C@H]3CCCN3C3(C(=O)NC(=O)NC3=O)[C@]12c1ccccc1. The normalized spacial score (nSPS) is 35.3. The zero-order chi connectivity index (χ0) is 21.4. The minimum atomic E-state index is -1.52. The summed E-state index contributed by atoms with van der Waals surface area (Å²) in [6, 6.07) is 19.2. The Morgan fingerprint density at radius 3 is 2.06 bits per heavy atom. The van der Waals surface area contributed by atoms with Crippen molar-refractivity contribution >= 4 is 17.8 Å². The van der Waals surface area contributed by atoms with Crippen LogP contribution in [-0.2, 0) is 20.4 Å². The third-order valence-corrected chi connectivity index (χ3v) is 8.13. The van der Waals surface area contributed by atoms with E-state index in [1.54, 1.807) is 0 Å². The van der Waals surface area contributed by atoms with Gasteiger partial charge in [0.05, 0.1) is 5.41 Å². The molecule has 2 aromatic carbocycles. The molecule has 1 aliphatic carbocycles. The number of piperidine rings is 1. The lowest BCUT2D eigenvalue weighted by molar-refractivity contribution is -0.149. The van der Waals surface area contributed by atoms with E-state index in [-0.39, 0.29) is 12.0 Å². The second-order valence-corrected chi connectivity index (χ2v) is 8.92. The fourth-order valence-corrected chi connectivity index (χ4v) is 7.53. The number of urea groups is 1. The van der Waals surface area contributed by atoms with Crippen LogP contribution in [0.3, 0.4) is 0 Å². The number of carbonyl (C=O) groups excluding carboxylic acids is 3. The predicted octanol–water partition coefficient (Wildman–Crippen LogP) is 2.26. The molecule has 4 amide bonds. The van der Waals surface area contributed by atoms with Gasteiger partial charge in [-0.2, -0.15) is 0 Å². The number of carbonyl (C=O) groups is 3. The van der Waals surface area contributed by atoms with Gasteiger partial charge in [0.2, 0.25) is 0 Å². The van der Waals surface area contributed by atoms with Crippen molar-refractivity contribution in [1.82, 2.24) is 15.5 Å². The van der Waals surface area contributed by atoms with Crippen molar-refractivity contribution < 1.29 is 14.4 Å². The van der Waals surface area contributed by atoms with Crippen LogP contribution >= 0.6 is 0 Å². The largest absolute Gasteiger partial charge is 0.328 e. The summed E-state index contributed by atoms with van der Waals surface area (Å²) < 4.78 is 0. The number of barbiturate groups is 1. The lowest BCUT2D eigenvalue weighted by Crippen LogP contribution is -2.76. The quantitative estimate of drug-likeness (QED) is 0.598. The van der Waals surface area contributed by atoms with Crippen LogP contribution < -0.4 is 10.6 Å². The fraction of sp³-hybridized carbons (Fsp3) is 0.320. The molecule has 156 valence electrons. The first kappa shape index (κ1) is 18.5. The number of allylic oxidation sites excluding steroid dienone is 1. The van der Waals surface area contributed by atoms with Crippen molar-refractivity contribution in [3.05, 3.63) is 84.4 Å². The van der Waals surface area contributed by atoms with Gasteiger partial charge in [-0.3, -0.25) is 25.1 Å². The minimum Gasteiger partial charge on any atom is -0.277 e. The van der Waals surface area contributed by atoms with Crippen LogP contribution in [0.2, 0.25) is 0 Å². The number of fused-ring (bicyclic) bond motifs is 5. The highest BCUT2D eigenvalue weighted by Gasteiger charge is 2.96. The van der Waals surface area contributed by atoms with Crippen LogP contribution in [0.1, 0.15) is 24.0 Å². The lowest BCUT2D eigenvalue weighted by Gasteiger charge is -2.45. The summed E-state index contributed by atoms with van der Waals surface area (Å²) in [5, 5.41) is 4.87. The van der Waals surface area contributed by atoms with E-state index in [0.717, 1.165) is 24.0 Å². The van der Waals surface area contributed by atoms with E-state index in [0.29, 0.717) is 6.54 Å². The molecule has 2 aromatic rings. The smallest absolute Gasteiger partial charge is 0.277 e. The molecule has 0 radical (unpaired) electrons. The number of imide groups is 2. The topological polar surface area (TPSA) is 78.5 Å². The second-order valence-electron chi connectivity index (χ2n) is 8.92. The molecule has 4 atom stereocenters. The summed E-state index contributed by atoms with van der Waals surface area (Å²) in [7, 11) is 0. The van der Waals surface area contributed by atoms with Gasteiger partial charge in [0.25, 0.3) is 11.8 Å². The molecule has 1 spiro atoms. The van der Waals surface area contributed by atoms with Crippen molar-refractivity contribution in [1.29, 1.82) is 0 Å². The van der Waals surface area contributed by atoms with Gasteiger partial charge < -0.3 is 0 Å². The number of benzene rings is 2. The molecule has 3 aliphatic heterocycles. The molecule has 6 nitrogen and oxygen atoms in total. The van der Waals surface area contributed by atoms with Gasteiger partial charge in [-0.1, -0.05) is 66.7 Å². The van der Waals surface area contributed by atoms with Crippen LogP contribution in [0.4, 0.5) is 4.79 Å². The molecule has 4 aliphatic rings. The molecule has 3 saturated heterocycles. The highest BCUT2D eigenvalue weighted by Crippen LogP contribution is 2.83. The third kappa shape index (κ3) is 1.75. The molecule has 2 N–H and O–H groups in total. The summed E-state index contributed by atoms with van der Waals surface area (Å²) in [6.45, 7) is 4.79. The molecule has 4 fully saturated rings. The van der Waals surface area contributed by atoms with Gasteiger partial charge in [0.15, 0.2) is 5.54 Å². The van der Waals surface area contributed by atoms with Crippen LogP contribution in [0, 0.1) is 5.92 Å². The number of rotatable bonds is 3. The van der Waals surface area contributed by atoms with Crippen LogP contribution in [0.15, 0.2) is 73.3 Å². The Morgan fingerprint density at radius 2 is 1.48 bits per heavy atom. The molecule has 1 saturated carbocycles.